The first-order valence-corrected chi connectivity index (χ1v) is 9.00. The van der Waals surface area contributed by atoms with Gasteiger partial charge in [0.25, 0.3) is 0 Å². The van der Waals surface area contributed by atoms with Gasteiger partial charge in [0.15, 0.2) is 0 Å². The Morgan fingerprint density at radius 2 is 1.75 bits per heavy atom. The summed E-state index contributed by atoms with van der Waals surface area (Å²) in [6, 6.07) is 2.18. The molecule has 7 heteroatoms. The van der Waals surface area contributed by atoms with Crippen LogP contribution in [0.25, 0.3) is 0 Å². The summed E-state index contributed by atoms with van der Waals surface area (Å²) in [5.41, 5.74) is 0. The molecule has 2 aliphatic heterocycles. The van der Waals surface area contributed by atoms with Gasteiger partial charge in [-0.1, -0.05) is 6.92 Å². The SMILES string of the molecule is CCN1CCC(NC(=O)CN2CCN(c3ncccn3)CC2)CC1. The highest BCUT2D eigenvalue weighted by Gasteiger charge is 2.23. The zero-order valence-electron chi connectivity index (χ0n) is 14.5. The molecule has 24 heavy (non-hydrogen) atoms. The minimum absolute atomic E-state index is 0.161. The van der Waals surface area contributed by atoms with E-state index in [0.717, 1.165) is 64.6 Å². The Morgan fingerprint density at radius 1 is 1.08 bits per heavy atom. The Kier molecular flexibility index (Phi) is 5.98. The molecule has 0 bridgehead atoms. The number of hydrogen-bond acceptors (Lipinski definition) is 6. The molecular formula is C17H28N6O. The Balaban J connectivity index is 1.37. The maximum absolute atomic E-state index is 12.3. The van der Waals surface area contributed by atoms with E-state index in [2.05, 4.69) is 36.9 Å². The third-order valence-corrected chi connectivity index (χ3v) is 4.97. The van der Waals surface area contributed by atoms with Crippen molar-refractivity contribution in [2.24, 2.45) is 0 Å². The molecule has 2 saturated heterocycles. The fourth-order valence-electron chi connectivity index (χ4n) is 3.43. The average molecular weight is 332 g/mol. The predicted molar refractivity (Wildman–Crippen MR) is 94.0 cm³/mol. The van der Waals surface area contributed by atoms with Gasteiger partial charge in [0.05, 0.1) is 6.54 Å². The van der Waals surface area contributed by atoms with Gasteiger partial charge in [0.2, 0.25) is 11.9 Å². The first-order chi connectivity index (χ1) is 11.7. The molecule has 3 rings (SSSR count). The molecule has 0 atom stereocenters. The van der Waals surface area contributed by atoms with Gasteiger partial charge in [0, 0.05) is 57.7 Å². The number of anilines is 1. The monoisotopic (exact) mass is 332 g/mol. The Morgan fingerprint density at radius 3 is 2.38 bits per heavy atom. The normalized spacial score (nSPS) is 21.0. The minimum Gasteiger partial charge on any atom is -0.352 e. The Labute approximate surface area is 144 Å². The highest BCUT2D eigenvalue weighted by atomic mass is 16.2. The van der Waals surface area contributed by atoms with Crippen LogP contribution in [-0.4, -0.2) is 84.1 Å². The molecule has 132 valence electrons. The molecular weight excluding hydrogens is 304 g/mol. The molecule has 0 spiro atoms. The number of rotatable bonds is 5. The highest BCUT2D eigenvalue weighted by molar-refractivity contribution is 5.78. The van der Waals surface area contributed by atoms with Crippen LogP contribution < -0.4 is 10.2 Å². The maximum Gasteiger partial charge on any atom is 0.234 e. The van der Waals surface area contributed by atoms with Gasteiger partial charge < -0.3 is 15.1 Å². The summed E-state index contributed by atoms with van der Waals surface area (Å²) in [7, 11) is 0. The van der Waals surface area contributed by atoms with E-state index in [4.69, 9.17) is 0 Å². The molecule has 2 fully saturated rings. The topological polar surface area (TPSA) is 64.6 Å². The largest absolute Gasteiger partial charge is 0.352 e. The molecule has 0 saturated carbocycles. The Hall–Kier alpha value is -1.73. The Bertz CT molecular complexity index is 509. The van der Waals surface area contributed by atoms with Crippen molar-refractivity contribution in [1.29, 1.82) is 0 Å². The standard InChI is InChI=1S/C17H28N6O/c1-2-21-8-4-15(5-9-21)20-16(24)14-22-10-12-23(13-11-22)17-18-6-3-7-19-17/h3,6-7,15H,2,4-5,8-14H2,1H3,(H,20,24). The van der Waals surface area contributed by atoms with Crippen LogP contribution >= 0.6 is 0 Å². The van der Waals surface area contributed by atoms with Crippen LogP contribution in [0, 0.1) is 0 Å². The third kappa shape index (κ3) is 4.64. The quantitative estimate of drug-likeness (QED) is 0.831. The number of piperazine rings is 1. The second-order valence-electron chi connectivity index (χ2n) is 6.59. The van der Waals surface area contributed by atoms with Gasteiger partial charge >= 0.3 is 0 Å². The van der Waals surface area contributed by atoms with Crippen LogP contribution in [0.1, 0.15) is 19.8 Å². The summed E-state index contributed by atoms with van der Waals surface area (Å²) in [5, 5.41) is 3.21. The van der Waals surface area contributed by atoms with Crippen molar-refractivity contribution in [3.63, 3.8) is 0 Å². The minimum atomic E-state index is 0.161. The lowest BCUT2D eigenvalue weighted by Gasteiger charge is -2.35. The van der Waals surface area contributed by atoms with E-state index in [1.54, 1.807) is 12.4 Å². The zero-order chi connectivity index (χ0) is 16.8. The van der Waals surface area contributed by atoms with Crippen molar-refractivity contribution in [3.8, 4) is 0 Å². The average Bonchev–Trinajstić information content (AvgIpc) is 2.64. The van der Waals surface area contributed by atoms with Crippen LogP contribution in [0.2, 0.25) is 0 Å². The van der Waals surface area contributed by atoms with E-state index in [0.29, 0.717) is 12.6 Å². The lowest BCUT2D eigenvalue weighted by molar-refractivity contribution is -0.123. The van der Waals surface area contributed by atoms with Gasteiger partial charge in [-0.25, -0.2) is 9.97 Å². The number of carbonyl (C=O) groups is 1. The summed E-state index contributed by atoms with van der Waals surface area (Å²) in [4.78, 5) is 27.7. The van der Waals surface area contributed by atoms with Gasteiger partial charge in [-0.05, 0) is 25.5 Å². The highest BCUT2D eigenvalue weighted by Crippen LogP contribution is 2.11. The van der Waals surface area contributed by atoms with Gasteiger partial charge in [-0.3, -0.25) is 9.69 Å². The van der Waals surface area contributed by atoms with Crippen molar-refractivity contribution < 1.29 is 4.79 Å². The smallest absolute Gasteiger partial charge is 0.234 e. The van der Waals surface area contributed by atoms with Crippen molar-refractivity contribution in [3.05, 3.63) is 18.5 Å². The molecule has 2 aliphatic rings. The van der Waals surface area contributed by atoms with Crippen molar-refractivity contribution >= 4 is 11.9 Å². The number of nitrogens with one attached hydrogen (secondary N) is 1. The van der Waals surface area contributed by atoms with E-state index in [9.17, 15) is 4.79 Å². The number of likely N-dealkylation sites (tertiary alicyclic amines) is 1. The molecule has 1 aromatic rings. The number of nitrogens with zero attached hydrogens (tertiary/aromatic N) is 5. The predicted octanol–water partition coefficient (Wildman–Crippen LogP) is 0.199. The summed E-state index contributed by atoms with van der Waals surface area (Å²) in [6.07, 6.45) is 5.68. The van der Waals surface area contributed by atoms with Crippen LogP contribution in [0.4, 0.5) is 5.95 Å². The second kappa shape index (κ2) is 8.39. The summed E-state index contributed by atoms with van der Waals surface area (Å²) in [6.45, 7) is 9.47. The zero-order valence-corrected chi connectivity index (χ0v) is 14.5. The molecule has 1 N–H and O–H groups in total. The molecule has 0 aliphatic carbocycles. The third-order valence-electron chi connectivity index (χ3n) is 4.97. The van der Waals surface area contributed by atoms with E-state index < -0.39 is 0 Å². The summed E-state index contributed by atoms with van der Waals surface area (Å²) in [5.74, 6) is 0.943. The van der Waals surface area contributed by atoms with Crippen molar-refractivity contribution in [1.82, 2.24) is 25.1 Å². The number of aromatic nitrogens is 2. The van der Waals surface area contributed by atoms with Crippen molar-refractivity contribution in [2.75, 3.05) is 57.3 Å². The number of piperidine rings is 1. The van der Waals surface area contributed by atoms with Crippen LogP contribution in [0.15, 0.2) is 18.5 Å². The molecule has 3 heterocycles. The first kappa shape index (κ1) is 17.1. The van der Waals surface area contributed by atoms with Gasteiger partial charge in [-0.15, -0.1) is 0 Å². The van der Waals surface area contributed by atoms with E-state index >= 15 is 0 Å². The van der Waals surface area contributed by atoms with Crippen LogP contribution in [0.5, 0.6) is 0 Å². The fourth-order valence-corrected chi connectivity index (χ4v) is 3.43. The second-order valence-corrected chi connectivity index (χ2v) is 6.59. The van der Waals surface area contributed by atoms with E-state index in [1.807, 2.05) is 6.07 Å². The molecule has 1 amide bonds. The van der Waals surface area contributed by atoms with Crippen LogP contribution in [-0.2, 0) is 4.79 Å². The number of carbonyl (C=O) groups excluding carboxylic acids is 1. The van der Waals surface area contributed by atoms with Gasteiger partial charge in [-0.2, -0.15) is 0 Å². The van der Waals surface area contributed by atoms with E-state index in [1.165, 1.54) is 0 Å². The molecule has 1 aromatic heterocycles. The van der Waals surface area contributed by atoms with Crippen LogP contribution in [0.3, 0.4) is 0 Å². The lowest BCUT2D eigenvalue weighted by Crippen LogP contribution is -2.52. The summed E-state index contributed by atoms with van der Waals surface area (Å²) < 4.78 is 0. The molecule has 7 nitrogen and oxygen atoms in total. The number of hydrogen-bond donors (Lipinski definition) is 1. The first-order valence-electron chi connectivity index (χ1n) is 9.00. The number of amides is 1. The molecule has 0 radical (unpaired) electrons. The van der Waals surface area contributed by atoms with Crippen molar-refractivity contribution in [2.45, 2.75) is 25.8 Å². The maximum atomic E-state index is 12.3. The lowest BCUT2D eigenvalue weighted by atomic mass is 10.1. The van der Waals surface area contributed by atoms with E-state index in [-0.39, 0.29) is 5.91 Å². The van der Waals surface area contributed by atoms with Gasteiger partial charge in [0.1, 0.15) is 0 Å². The summed E-state index contributed by atoms with van der Waals surface area (Å²) >= 11 is 0. The molecule has 0 aromatic carbocycles. The molecule has 0 unspecified atom stereocenters. The fraction of sp³-hybridized carbons (Fsp3) is 0.706.